The minimum Gasteiger partial charge on any atom is -0.356 e. The SMILES string of the molecule is CN=C(NCCc1ccn(-c2ccc(F)cc2)n1)NC1CCN(CC(F)(F)F)C1.I. The number of likely N-dealkylation sites (tertiary alicyclic amines) is 1. The number of nitrogens with one attached hydrogen (secondary N) is 2. The van der Waals surface area contributed by atoms with Crippen LogP contribution in [-0.4, -0.2) is 66.1 Å². The van der Waals surface area contributed by atoms with Crippen molar-refractivity contribution in [2.45, 2.75) is 25.1 Å². The fraction of sp³-hybridized carbons (Fsp3) is 0.474. The van der Waals surface area contributed by atoms with Gasteiger partial charge in [-0.05, 0) is 36.8 Å². The molecule has 1 atom stereocenters. The second-order valence-electron chi connectivity index (χ2n) is 6.96. The molecule has 2 N–H and O–H groups in total. The van der Waals surface area contributed by atoms with Crippen LogP contribution in [0.3, 0.4) is 0 Å². The molecule has 166 valence electrons. The molecule has 1 unspecified atom stereocenters. The lowest BCUT2D eigenvalue weighted by molar-refractivity contribution is -0.143. The van der Waals surface area contributed by atoms with Crippen LogP contribution in [0.5, 0.6) is 0 Å². The molecule has 3 rings (SSSR count). The van der Waals surface area contributed by atoms with Gasteiger partial charge in [-0.15, -0.1) is 24.0 Å². The zero-order valence-corrected chi connectivity index (χ0v) is 18.8. The number of rotatable bonds is 6. The van der Waals surface area contributed by atoms with Crippen molar-refractivity contribution in [3.63, 3.8) is 0 Å². The summed E-state index contributed by atoms with van der Waals surface area (Å²) in [4.78, 5) is 5.53. The standard InChI is InChI=1S/C19H24F4N6.HI/c1-24-18(26-16-7-10-28(12-16)13-19(21,22)23)25-9-6-15-8-11-29(27-15)17-4-2-14(20)3-5-17;/h2-5,8,11,16H,6-7,9-10,12-13H2,1H3,(H2,24,25,26);1H. The summed E-state index contributed by atoms with van der Waals surface area (Å²) in [5, 5.41) is 10.8. The zero-order valence-electron chi connectivity index (χ0n) is 16.5. The lowest BCUT2D eigenvalue weighted by Gasteiger charge is -2.19. The van der Waals surface area contributed by atoms with E-state index in [9.17, 15) is 17.6 Å². The molecule has 0 bridgehead atoms. The van der Waals surface area contributed by atoms with Gasteiger partial charge in [-0.1, -0.05) is 0 Å². The van der Waals surface area contributed by atoms with E-state index < -0.39 is 12.7 Å². The Labute approximate surface area is 189 Å². The normalized spacial score (nSPS) is 17.6. The maximum Gasteiger partial charge on any atom is 0.401 e. The van der Waals surface area contributed by atoms with Gasteiger partial charge in [-0.25, -0.2) is 9.07 Å². The van der Waals surface area contributed by atoms with Crippen LogP contribution < -0.4 is 10.6 Å². The van der Waals surface area contributed by atoms with Crippen LogP contribution in [0.1, 0.15) is 12.1 Å². The Kier molecular flexibility index (Phi) is 8.89. The van der Waals surface area contributed by atoms with E-state index >= 15 is 0 Å². The second-order valence-corrected chi connectivity index (χ2v) is 6.96. The van der Waals surface area contributed by atoms with Crippen molar-refractivity contribution in [1.29, 1.82) is 0 Å². The number of guanidine groups is 1. The topological polar surface area (TPSA) is 57.5 Å². The maximum atomic E-state index is 13.0. The molecule has 11 heteroatoms. The predicted molar refractivity (Wildman–Crippen MR) is 118 cm³/mol. The molecule has 1 aromatic heterocycles. The molecule has 1 aliphatic heterocycles. The van der Waals surface area contributed by atoms with Gasteiger partial charge in [0, 0.05) is 45.3 Å². The van der Waals surface area contributed by atoms with E-state index in [-0.39, 0.29) is 35.8 Å². The number of hydrogen-bond acceptors (Lipinski definition) is 3. The van der Waals surface area contributed by atoms with Gasteiger partial charge in [0.05, 0.1) is 17.9 Å². The van der Waals surface area contributed by atoms with E-state index in [2.05, 4.69) is 20.7 Å². The van der Waals surface area contributed by atoms with Crippen molar-refractivity contribution < 1.29 is 17.6 Å². The highest BCUT2D eigenvalue weighted by Gasteiger charge is 2.34. The Morgan fingerprint density at radius 2 is 1.97 bits per heavy atom. The second kappa shape index (κ2) is 10.9. The van der Waals surface area contributed by atoms with Crippen molar-refractivity contribution in [1.82, 2.24) is 25.3 Å². The smallest absolute Gasteiger partial charge is 0.356 e. The molecule has 30 heavy (non-hydrogen) atoms. The highest BCUT2D eigenvalue weighted by atomic mass is 127. The molecule has 1 fully saturated rings. The maximum absolute atomic E-state index is 13.0. The van der Waals surface area contributed by atoms with Crippen LogP contribution in [0, 0.1) is 5.82 Å². The number of nitrogens with zero attached hydrogens (tertiary/aromatic N) is 4. The molecule has 1 aromatic carbocycles. The predicted octanol–water partition coefficient (Wildman–Crippen LogP) is 2.97. The van der Waals surface area contributed by atoms with E-state index in [1.54, 1.807) is 23.9 Å². The number of alkyl halides is 3. The number of benzene rings is 1. The molecular weight excluding hydrogens is 515 g/mol. The molecule has 0 aliphatic carbocycles. The molecule has 2 heterocycles. The molecule has 2 aromatic rings. The van der Waals surface area contributed by atoms with E-state index in [0.29, 0.717) is 38.4 Å². The first-order valence-electron chi connectivity index (χ1n) is 9.39. The molecule has 0 saturated carbocycles. The molecule has 1 aliphatic rings. The van der Waals surface area contributed by atoms with E-state index in [0.717, 1.165) is 11.4 Å². The van der Waals surface area contributed by atoms with Gasteiger partial charge < -0.3 is 10.6 Å². The third-order valence-electron chi connectivity index (χ3n) is 4.65. The summed E-state index contributed by atoms with van der Waals surface area (Å²) in [6.45, 7) is 0.435. The first kappa shape index (κ1) is 24.4. The number of aliphatic imine (C=N–C) groups is 1. The Morgan fingerprint density at radius 3 is 2.63 bits per heavy atom. The summed E-state index contributed by atoms with van der Waals surface area (Å²) >= 11 is 0. The number of halogens is 5. The van der Waals surface area contributed by atoms with Crippen LogP contribution in [0.25, 0.3) is 5.69 Å². The van der Waals surface area contributed by atoms with Crippen molar-refractivity contribution >= 4 is 29.9 Å². The van der Waals surface area contributed by atoms with Gasteiger partial charge in [-0.3, -0.25) is 9.89 Å². The summed E-state index contributed by atoms with van der Waals surface area (Å²) in [5.41, 5.74) is 1.63. The highest BCUT2D eigenvalue weighted by Crippen LogP contribution is 2.19. The van der Waals surface area contributed by atoms with E-state index in [1.165, 1.54) is 17.0 Å². The van der Waals surface area contributed by atoms with Crippen molar-refractivity contribution in [3.05, 3.63) is 48.0 Å². The fourth-order valence-corrected chi connectivity index (χ4v) is 3.28. The van der Waals surface area contributed by atoms with Crippen molar-refractivity contribution in [2.75, 3.05) is 33.2 Å². The molecule has 0 amide bonds. The fourth-order valence-electron chi connectivity index (χ4n) is 3.28. The van der Waals surface area contributed by atoms with Gasteiger partial charge >= 0.3 is 6.18 Å². The van der Waals surface area contributed by atoms with E-state index in [1.807, 2.05) is 12.3 Å². The average molecular weight is 540 g/mol. The quantitative estimate of drug-likeness (QED) is 0.256. The summed E-state index contributed by atoms with van der Waals surface area (Å²) in [7, 11) is 1.63. The minimum atomic E-state index is -4.17. The van der Waals surface area contributed by atoms with Crippen molar-refractivity contribution in [3.8, 4) is 5.69 Å². The third-order valence-corrected chi connectivity index (χ3v) is 4.65. The van der Waals surface area contributed by atoms with Gasteiger partial charge in [-0.2, -0.15) is 18.3 Å². The monoisotopic (exact) mass is 540 g/mol. The Morgan fingerprint density at radius 1 is 1.23 bits per heavy atom. The molecule has 6 nitrogen and oxygen atoms in total. The van der Waals surface area contributed by atoms with Crippen molar-refractivity contribution in [2.24, 2.45) is 4.99 Å². The number of aromatic nitrogens is 2. The first-order chi connectivity index (χ1) is 13.8. The first-order valence-corrected chi connectivity index (χ1v) is 9.39. The summed E-state index contributed by atoms with van der Waals surface area (Å²) in [5.74, 6) is 0.259. The summed E-state index contributed by atoms with van der Waals surface area (Å²) in [6, 6.07) is 7.88. The molecular formula is C19H25F4IN6. The van der Waals surface area contributed by atoms with Crippen LogP contribution in [-0.2, 0) is 6.42 Å². The van der Waals surface area contributed by atoms with Gasteiger partial charge in [0.1, 0.15) is 5.82 Å². The Balaban J connectivity index is 0.00000320. The van der Waals surface area contributed by atoms with Crippen LogP contribution >= 0.6 is 24.0 Å². The van der Waals surface area contributed by atoms with Crippen LogP contribution in [0.4, 0.5) is 17.6 Å². The zero-order chi connectivity index (χ0) is 20.9. The molecule has 0 radical (unpaired) electrons. The highest BCUT2D eigenvalue weighted by molar-refractivity contribution is 14.0. The lowest BCUT2D eigenvalue weighted by Crippen LogP contribution is -2.45. The van der Waals surface area contributed by atoms with Gasteiger partial charge in [0.25, 0.3) is 0 Å². The largest absolute Gasteiger partial charge is 0.401 e. The van der Waals surface area contributed by atoms with E-state index in [4.69, 9.17) is 0 Å². The minimum absolute atomic E-state index is 0. The van der Waals surface area contributed by atoms with Crippen LogP contribution in [0.2, 0.25) is 0 Å². The lowest BCUT2D eigenvalue weighted by atomic mass is 10.3. The Bertz CT molecular complexity index is 821. The van der Waals surface area contributed by atoms with Gasteiger partial charge in [0.2, 0.25) is 0 Å². The number of hydrogen-bond donors (Lipinski definition) is 2. The summed E-state index contributed by atoms with van der Waals surface area (Å²) in [6.07, 6.45) is -1.09. The summed E-state index contributed by atoms with van der Waals surface area (Å²) < 4.78 is 52.2. The van der Waals surface area contributed by atoms with Crippen LogP contribution in [0.15, 0.2) is 41.5 Å². The average Bonchev–Trinajstić information content (AvgIpc) is 3.30. The Hall–Kier alpha value is -1.89. The molecule has 1 saturated heterocycles. The van der Waals surface area contributed by atoms with Gasteiger partial charge in [0.15, 0.2) is 5.96 Å². The molecule has 0 spiro atoms. The third kappa shape index (κ3) is 7.42.